The van der Waals surface area contributed by atoms with Crippen molar-refractivity contribution in [1.29, 1.82) is 0 Å². The van der Waals surface area contributed by atoms with Crippen LogP contribution in [0.4, 0.5) is 5.82 Å². The third kappa shape index (κ3) is 3.45. The highest BCUT2D eigenvalue weighted by atomic mass is 16.2. The first kappa shape index (κ1) is 20.1. The van der Waals surface area contributed by atoms with E-state index in [0.717, 1.165) is 24.2 Å². The predicted octanol–water partition coefficient (Wildman–Crippen LogP) is -0.108. The Balaban J connectivity index is 1.31. The van der Waals surface area contributed by atoms with Gasteiger partial charge in [0.15, 0.2) is 0 Å². The monoisotopic (exact) mass is 411 g/mol. The van der Waals surface area contributed by atoms with Crippen LogP contribution in [0, 0.1) is 0 Å². The Labute approximate surface area is 173 Å². The van der Waals surface area contributed by atoms with Crippen molar-refractivity contribution in [2.24, 2.45) is 14.1 Å². The van der Waals surface area contributed by atoms with Crippen molar-refractivity contribution in [3.05, 3.63) is 62.3 Å². The molecule has 3 heterocycles. The highest BCUT2D eigenvalue weighted by molar-refractivity contribution is 6.21. The third-order valence-corrected chi connectivity index (χ3v) is 5.93. The van der Waals surface area contributed by atoms with Crippen LogP contribution in [0.5, 0.6) is 0 Å². The maximum Gasteiger partial charge on any atom is 0.332 e. The molecule has 0 spiro atoms. The van der Waals surface area contributed by atoms with Crippen molar-refractivity contribution in [3.63, 3.8) is 0 Å². The van der Waals surface area contributed by atoms with Crippen molar-refractivity contribution < 1.29 is 9.59 Å². The Hall–Kier alpha value is -3.20. The Morgan fingerprint density at radius 3 is 2.00 bits per heavy atom. The number of hydrogen-bond acceptors (Lipinski definition) is 6. The molecule has 4 rings (SSSR count). The van der Waals surface area contributed by atoms with Gasteiger partial charge in [-0.1, -0.05) is 12.1 Å². The summed E-state index contributed by atoms with van der Waals surface area (Å²) in [6.45, 7) is 4.14. The zero-order valence-electron chi connectivity index (χ0n) is 17.2. The molecule has 0 N–H and O–H groups in total. The normalized spacial score (nSPS) is 17.0. The number of amides is 2. The van der Waals surface area contributed by atoms with Gasteiger partial charge in [-0.05, 0) is 25.1 Å². The van der Waals surface area contributed by atoms with Gasteiger partial charge in [-0.2, -0.15) is 0 Å². The van der Waals surface area contributed by atoms with Crippen LogP contribution in [0.2, 0.25) is 0 Å². The molecule has 0 unspecified atom stereocenters. The van der Waals surface area contributed by atoms with Gasteiger partial charge < -0.3 is 4.90 Å². The topological polar surface area (TPSA) is 87.9 Å². The highest BCUT2D eigenvalue weighted by Gasteiger charge is 2.34. The molecular weight excluding hydrogens is 386 g/mol. The molecule has 0 aliphatic carbocycles. The van der Waals surface area contributed by atoms with Gasteiger partial charge in [0.25, 0.3) is 17.4 Å². The van der Waals surface area contributed by atoms with Crippen LogP contribution in [0.15, 0.2) is 39.9 Å². The number of piperazine rings is 1. The van der Waals surface area contributed by atoms with Gasteiger partial charge in [0.1, 0.15) is 5.82 Å². The van der Waals surface area contributed by atoms with E-state index in [-0.39, 0.29) is 23.1 Å². The summed E-state index contributed by atoms with van der Waals surface area (Å²) in [4.78, 5) is 54.6. The molecule has 0 atom stereocenters. The molecular formula is C21H25N5O4. The second kappa shape index (κ2) is 7.91. The van der Waals surface area contributed by atoms with Crippen LogP contribution in [0.1, 0.15) is 27.1 Å². The van der Waals surface area contributed by atoms with E-state index >= 15 is 0 Å². The van der Waals surface area contributed by atoms with Crippen LogP contribution in [-0.4, -0.2) is 70.0 Å². The Morgan fingerprint density at radius 2 is 1.40 bits per heavy atom. The van der Waals surface area contributed by atoms with E-state index in [4.69, 9.17) is 0 Å². The lowest BCUT2D eigenvalue weighted by molar-refractivity contribution is 0.0647. The molecule has 0 bridgehead atoms. The Bertz CT molecular complexity index is 1080. The maximum absolute atomic E-state index is 12.4. The van der Waals surface area contributed by atoms with Crippen molar-refractivity contribution in [2.45, 2.75) is 6.42 Å². The lowest BCUT2D eigenvalue weighted by Crippen LogP contribution is -2.49. The van der Waals surface area contributed by atoms with E-state index in [0.29, 0.717) is 43.0 Å². The predicted molar refractivity (Wildman–Crippen MR) is 112 cm³/mol. The zero-order valence-corrected chi connectivity index (χ0v) is 17.2. The van der Waals surface area contributed by atoms with Gasteiger partial charge in [-0.3, -0.25) is 33.3 Å². The fourth-order valence-corrected chi connectivity index (χ4v) is 4.12. The van der Waals surface area contributed by atoms with E-state index in [9.17, 15) is 19.2 Å². The molecule has 30 heavy (non-hydrogen) atoms. The van der Waals surface area contributed by atoms with Crippen molar-refractivity contribution >= 4 is 17.6 Å². The lowest BCUT2D eigenvalue weighted by Gasteiger charge is -2.36. The largest absolute Gasteiger partial charge is 0.355 e. The van der Waals surface area contributed by atoms with Crippen molar-refractivity contribution in [2.75, 3.05) is 44.2 Å². The summed E-state index contributed by atoms with van der Waals surface area (Å²) in [5.41, 5.74) is 0.323. The fraction of sp³-hybridized carbons (Fsp3) is 0.429. The molecule has 1 fully saturated rings. The Kier molecular flexibility index (Phi) is 5.29. The zero-order chi connectivity index (χ0) is 21.4. The number of hydrogen-bond donors (Lipinski definition) is 0. The molecule has 158 valence electrons. The number of aromatic nitrogens is 2. The summed E-state index contributed by atoms with van der Waals surface area (Å²) in [6.07, 6.45) is 0.704. The first-order valence-corrected chi connectivity index (χ1v) is 10.1. The lowest BCUT2D eigenvalue weighted by atomic mass is 10.1. The first-order valence-electron chi connectivity index (χ1n) is 10.1. The van der Waals surface area contributed by atoms with Crippen LogP contribution in [-0.2, 0) is 14.1 Å². The number of benzene rings is 1. The Morgan fingerprint density at radius 1 is 0.800 bits per heavy atom. The van der Waals surface area contributed by atoms with Crippen molar-refractivity contribution in [1.82, 2.24) is 18.9 Å². The number of nitrogens with zero attached hydrogens (tertiary/aromatic N) is 5. The SMILES string of the molecule is Cn1c(N2CCN(CCCN3C(=O)c4ccccc4C3=O)CC2)cc(=O)n(C)c1=O. The number of carbonyl (C=O) groups excluding carboxylic acids is 2. The summed E-state index contributed by atoms with van der Waals surface area (Å²) in [5.74, 6) is 0.202. The molecule has 2 aliphatic rings. The minimum atomic E-state index is -0.333. The van der Waals surface area contributed by atoms with E-state index in [2.05, 4.69) is 4.90 Å². The van der Waals surface area contributed by atoms with E-state index < -0.39 is 0 Å². The molecule has 2 amide bonds. The standard InChI is InChI=1S/C21H25N5O4/c1-22-17(14-18(27)23(2)21(22)30)25-12-10-24(11-13-25)8-5-9-26-19(28)15-6-3-4-7-16(15)20(26)29/h3-4,6-7,14H,5,8-13H2,1-2H3. The molecule has 2 aromatic rings. The summed E-state index contributed by atoms with van der Waals surface area (Å²) >= 11 is 0. The average Bonchev–Trinajstić information content (AvgIpc) is 3.00. The molecule has 9 nitrogen and oxygen atoms in total. The summed E-state index contributed by atoms with van der Waals surface area (Å²) < 4.78 is 2.60. The van der Waals surface area contributed by atoms with Crippen LogP contribution in [0.25, 0.3) is 0 Å². The minimum Gasteiger partial charge on any atom is -0.355 e. The average molecular weight is 411 g/mol. The molecule has 1 aromatic carbocycles. The van der Waals surface area contributed by atoms with Crippen molar-refractivity contribution in [3.8, 4) is 0 Å². The second-order valence-electron chi connectivity index (χ2n) is 7.73. The molecule has 0 radical (unpaired) electrons. The van der Waals surface area contributed by atoms with Crippen LogP contribution >= 0.6 is 0 Å². The molecule has 1 saturated heterocycles. The second-order valence-corrected chi connectivity index (χ2v) is 7.73. The van der Waals surface area contributed by atoms with Crippen LogP contribution < -0.4 is 16.1 Å². The quantitative estimate of drug-likeness (QED) is 0.638. The highest BCUT2D eigenvalue weighted by Crippen LogP contribution is 2.22. The van der Waals surface area contributed by atoms with Crippen LogP contribution in [0.3, 0.4) is 0 Å². The fourth-order valence-electron chi connectivity index (χ4n) is 4.12. The van der Waals surface area contributed by atoms with Gasteiger partial charge >= 0.3 is 5.69 Å². The number of fused-ring (bicyclic) bond motifs is 1. The maximum atomic E-state index is 12.4. The van der Waals surface area contributed by atoms with Gasteiger partial charge in [-0.15, -0.1) is 0 Å². The molecule has 9 heteroatoms. The number of anilines is 1. The third-order valence-electron chi connectivity index (χ3n) is 5.93. The van der Waals surface area contributed by atoms with Gasteiger partial charge in [-0.25, -0.2) is 4.79 Å². The van der Waals surface area contributed by atoms with Gasteiger partial charge in [0.05, 0.1) is 11.1 Å². The number of rotatable bonds is 5. The first-order chi connectivity index (χ1) is 14.4. The minimum absolute atomic E-state index is 0.216. The van der Waals surface area contributed by atoms with E-state index in [1.54, 1.807) is 31.3 Å². The molecule has 2 aliphatic heterocycles. The van der Waals surface area contributed by atoms with Gasteiger partial charge in [0, 0.05) is 52.9 Å². The number of imide groups is 1. The molecule has 0 saturated carbocycles. The van der Waals surface area contributed by atoms with E-state index in [1.807, 2.05) is 4.90 Å². The molecule has 1 aromatic heterocycles. The number of carbonyl (C=O) groups is 2. The van der Waals surface area contributed by atoms with Gasteiger partial charge in [0.2, 0.25) is 0 Å². The summed E-state index contributed by atoms with van der Waals surface area (Å²) in [6, 6.07) is 8.42. The summed E-state index contributed by atoms with van der Waals surface area (Å²) in [5, 5.41) is 0. The summed E-state index contributed by atoms with van der Waals surface area (Å²) in [7, 11) is 3.15. The smallest absolute Gasteiger partial charge is 0.332 e. The van der Waals surface area contributed by atoms with E-state index in [1.165, 1.54) is 22.6 Å².